The van der Waals surface area contributed by atoms with Crippen LogP contribution in [-0.2, 0) is 9.59 Å². The van der Waals surface area contributed by atoms with Gasteiger partial charge in [-0.05, 0) is 30.7 Å². The van der Waals surface area contributed by atoms with Crippen molar-refractivity contribution in [1.29, 1.82) is 0 Å². The maximum absolute atomic E-state index is 11.2. The lowest BCUT2D eigenvalue weighted by Gasteiger charge is -2.18. The third kappa shape index (κ3) is 2.51. The first-order valence-corrected chi connectivity index (χ1v) is 5.43. The zero-order valence-electron chi connectivity index (χ0n) is 9.80. The molecule has 5 heteroatoms. The Kier molecular flexibility index (Phi) is 3.32. The number of carbonyl (C=O) groups is 2. The third-order valence-electron chi connectivity index (χ3n) is 2.49. The van der Waals surface area contributed by atoms with E-state index in [2.05, 4.69) is 0 Å². The fourth-order valence-corrected chi connectivity index (χ4v) is 1.63. The zero-order valence-corrected chi connectivity index (χ0v) is 9.80. The van der Waals surface area contributed by atoms with Crippen molar-refractivity contribution >= 4 is 17.8 Å². The molecular formula is C13H12O5. The predicted octanol–water partition coefficient (Wildman–Crippen LogP) is 1.51. The van der Waals surface area contributed by atoms with Crippen molar-refractivity contribution in [3.63, 3.8) is 0 Å². The number of carboxylic acid groups (broad SMARTS) is 1. The first-order valence-electron chi connectivity index (χ1n) is 5.43. The second-order valence-electron chi connectivity index (χ2n) is 3.82. The molecule has 1 heterocycles. The van der Waals surface area contributed by atoms with Crippen LogP contribution in [0.15, 0.2) is 23.8 Å². The van der Waals surface area contributed by atoms with Gasteiger partial charge in [0.1, 0.15) is 18.8 Å². The molecule has 0 spiro atoms. The Morgan fingerprint density at radius 2 is 1.89 bits per heavy atom. The lowest BCUT2D eigenvalue weighted by molar-refractivity contribution is -0.134. The van der Waals surface area contributed by atoms with Gasteiger partial charge in [-0.2, -0.15) is 0 Å². The van der Waals surface area contributed by atoms with Crippen LogP contribution in [0, 0.1) is 0 Å². The van der Waals surface area contributed by atoms with Gasteiger partial charge in [-0.25, -0.2) is 4.79 Å². The topological polar surface area (TPSA) is 72.8 Å². The molecule has 2 rings (SSSR count). The molecule has 0 amide bonds. The van der Waals surface area contributed by atoms with E-state index < -0.39 is 11.8 Å². The van der Waals surface area contributed by atoms with Crippen molar-refractivity contribution in [3.8, 4) is 11.5 Å². The van der Waals surface area contributed by atoms with Gasteiger partial charge in [0.15, 0.2) is 17.3 Å². The molecule has 1 N–H and O–H groups in total. The van der Waals surface area contributed by atoms with Gasteiger partial charge >= 0.3 is 5.97 Å². The van der Waals surface area contributed by atoms with Gasteiger partial charge in [0.25, 0.3) is 0 Å². The first-order chi connectivity index (χ1) is 8.58. The zero-order chi connectivity index (χ0) is 13.1. The van der Waals surface area contributed by atoms with Gasteiger partial charge < -0.3 is 14.6 Å². The monoisotopic (exact) mass is 248 g/mol. The van der Waals surface area contributed by atoms with E-state index in [1.165, 1.54) is 13.0 Å². The van der Waals surface area contributed by atoms with Crippen molar-refractivity contribution in [2.45, 2.75) is 6.92 Å². The largest absolute Gasteiger partial charge is 0.486 e. The first kappa shape index (κ1) is 12.2. The molecule has 94 valence electrons. The summed E-state index contributed by atoms with van der Waals surface area (Å²) in [6, 6.07) is 5.03. The molecule has 0 radical (unpaired) electrons. The summed E-state index contributed by atoms with van der Waals surface area (Å²) in [6.45, 7) is 2.17. The Bertz CT molecular complexity index is 514. The summed E-state index contributed by atoms with van der Waals surface area (Å²) in [5.41, 5.74) is 0.332. The summed E-state index contributed by atoms with van der Waals surface area (Å²) < 4.78 is 10.7. The number of hydrogen-bond acceptors (Lipinski definition) is 4. The number of ether oxygens (including phenoxy) is 2. The average molecular weight is 248 g/mol. The maximum atomic E-state index is 11.2. The number of carbonyl (C=O) groups excluding carboxylic acids is 1. The highest BCUT2D eigenvalue weighted by Gasteiger charge is 2.15. The van der Waals surface area contributed by atoms with Gasteiger partial charge in [-0.3, -0.25) is 4.79 Å². The number of carboxylic acids is 1. The summed E-state index contributed by atoms with van der Waals surface area (Å²) >= 11 is 0. The normalized spacial score (nSPS) is 14.2. The van der Waals surface area contributed by atoms with Crippen LogP contribution in [-0.4, -0.2) is 30.1 Å². The van der Waals surface area contributed by atoms with Gasteiger partial charge in [-0.15, -0.1) is 0 Å². The summed E-state index contributed by atoms with van der Waals surface area (Å²) in [5, 5.41) is 8.90. The predicted molar refractivity (Wildman–Crippen MR) is 63.7 cm³/mol. The highest BCUT2D eigenvalue weighted by molar-refractivity contribution is 6.19. The number of hydrogen-bond donors (Lipinski definition) is 1. The van der Waals surface area contributed by atoms with Gasteiger partial charge in [0.2, 0.25) is 0 Å². The highest BCUT2D eigenvalue weighted by Crippen LogP contribution is 2.31. The Labute approximate surface area is 104 Å². The van der Waals surface area contributed by atoms with E-state index in [0.717, 1.165) is 0 Å². The van der Waals surface area contributed by atoms with Gasteiger partial charge in [0.05, 0.1) is 0 Å². The van der Waals surface area contributed by atoms with Crippen LogP contribution in [0.2, 0.25) is 0 Å². The van der Waals surface area contributed by atoms with E-state index >= 15 is 0 Å². The molecule has 0 atom stereocenters. The molecule has 1 aliphatic heterocycles. The van der Waals surface area contributed by atoms with E-state index in [9.17, 15) is 9.59 Å². The van der Waals surface area contributed by atoms with Gasteiger partial charge in [0, 0.05) is 0 Å². The summed E-state index contributed by atoms with van der Waals surface area (Å²) in [6.07, 6.45) is 1.32. The van der Waals surface area contributed by atoms with Crippen LogP contribution in [0.4, 0.5) is 0 Å². The van der Waals surface area contributed by atoms with Crippen LogP contribution >= 0.6 is 0 Å². The van der Waals surface area contributed by atoms with Crippen molar-refractivity contribution in [2.75, 3.05) is 13.2 Å². The minimum atomic E-state index is -1.24. The molecule has 5 nitrogen and oxygen atoms in total. The van der Waals surface area contributed by atoms with Crippen molar-refractivity contribution in [1.82, 2.24) is 0 Å². The molecule has 1 aliphatic rings. The molecule has 0 bridgehead atoms. The smallest absolute Gasteiger partial charge is 0.339 e. The maximum Gasteiger partial charge on any atom is 0.339 e. The van der Waals surface area contributed by atoms with Crippen LogP contribution < -0.4 is 9.47 Å². The molecule has 1 aromatic rings. The van der Waals surface area contributed by atoms with E-state index in [-0.39, 0.29) is 5.57 Å². The number of rotatable bonds is 3. The minimum absolute atomic E-state index is 0.258. The number of ketones is 1. The molecule has 0 saturated heterocycles. The van der Waals surface area contributed by atoms with Crippen LogP contribution in [0.3, 0.4) is 0 Å². The minimum Gasteiger partial charge on any atom is -0.486 e. The fraction of sp³-hybridized carbons (Fsp3) is 0.231. The lowest BCUT2D eigenvalue weighted by Crippen LogP contribution is -2.15. The van der Waals surface area contributed by atoms with Crippen LogP contribution in [0.25, 0.3) is 6.08 Å². The molecule has 1 aromatic carbocycles. The molecule has 0 unspecified atom stereocenters. The molecular weight excluding hydrogens is 236 g/mol. The quantitative estimate of drug-likeness (QED) is 0.498. The Balaban J connectivity index is 2.36. The molecule has 0 aliphatic carbocycles. The molecule has 0 fully saturated rings. The van der Waals surface area contributed by atoms with E-state index in [4.69, 9.17) is 14.6 Å². The standard InChI is InChI=1S/C13H12O5/c1-8(14)10(13(15)16)6-9-2-3-11-12(7-9)18-5-4-17-11/h2-3,6-7H,4-5H2,1H3,(H,15,16). The average Bonchev–Trinajstić information content (AvgIpc) is 2.35. The molecule has 0 saturated carbocycles. The Morgan fingerprint density at radius 1 is 1.22 bits per heavy atom. The van der Waals surface area contributed by atoms with Crippen LogP contribution in [0.5, 0.6) is 11.5 Å². The summed E-state index contributed by atoms with van der Waals surface area (Å²) in [4.78, 5) is 22.1. The number of fused-ring (bicyclic) bond motifs is 1. The second kappa shape index (κ2) is 4.91. The number of benzene rings is 1. The summed E-state index contributed by atoms with van der Waals surface area (Å²) in [5.74, 6) is -0.545. The third-order valence-corrected chi connectivity index (χ3v) is 2.49. The number of aliphatic carboxylic acids is 1. The van der Waals surface area contributed by atoms with Gasteiger partial charge in [-0.1, -0.05) is 6.07 Å². The van der Waals surface area contributed by atoms with E-state index in [1.807, 2.05) is 0 Å². The molecule has 18 heavy (non-hydrogen) atoms. The molecule has 0 aromatic heterocycles. The van der Waals surface area contributed by atoms with Crippen molar-refractivity contribution in [2.24, 2.45) is 0 Å². The second-order valence-corrected chi connectivity index (χ2v) is 3.82. The lowest BCUT2D eigenvalue weighted by atomic mass is 10.1. The van der Waals surface area contributed by atoms with Crippen LogP contribution in [0.1, 0.15) is 12.5 Å². The van der Waals surface area contributed by atoms with Crippen molar-refractivity contribution < 1.29 is 24.2 Å². The van der Waals surface area contributed by atoms with E-state index in [1.54, 1.807) is 18.2 Å². The number of Topliss-reactive ketones (excluding diaryl/α,β-unsaturated/α-hetero) is 1. The fourth-order valence-electron chi connectivity index (χ4n) is 1.63. The highest BCUT2D eigenvalue weighted by atomic mass is 16.6. The Hall–Kier alpha value is -2.30. The van der Waals surface area contributed by atoms with Crippen molar-refractivity contribution in [3.05, 3.63) is 29.3 Å². The summed E-state index contributed by atoms with van der Waals surface area (Å²) in [7, 11) is 0. The van der Waals surface area contributed by atoms with E-state index in [0.29, 0.717) is 30.3 Å². The SMILES string of the molecule is CC(=O)C(=Cc1ccc2c(c1)OCCO2)C(=O)O. The Morgan fingerprint density at radius 3 is 2.50 bits per heavy atom.